The SMILES string of the molecule is CC(=O)C(O)[C@H]1O[C@@H](O)[C@H](O)[C@@H](O)[C@@H]1O. The molecule has 0 bridgehead atoms. The third-order valence-electron chi connectivity index (χ3n) is 2.35. The van der Waals surface area contributed by atoms with Crippen LogP contribution in [0.25, 0.3) is 0 Å². The molecule has 1 rings (SSSR count). The van der Waals surface area contributed by atoms with Crippen LogP contribution in [0.1, 0.15) is 6.92 Å². The van der Waals surface area contributed by atoms with Crippen LogP contribution in [-0.2, 0) is 9.53 Å². The van der Waals surface area contributed by atoms with Crippen molar-refractivity contribution in [2.45, 2.75) is 43.7 Å². The number of carbonyl (C=O) groups is 1. The van der Waals surface area contributed by atoms with Crippen molar-refractivity contribution in [2.75, 3.05) is 0 Å². The Morgan fingerprint density at radius 2 is 1.67 bits per heavy atom. The van der Waals surface area contributed by atoms with Crippen molar-refractivity contribution in [3.63, 3.8) is 0 Å². The van der Waals surface area contributed by atoms with Gasteiger partial charge in [0.15, 0.2) is 12.1 Å². The van der Waals surface area contributed by atoms with Gasteiger partial charge < -0.3 is 30.3 Å². The number of Topliss-reactive ketones (excluding diaryl/α,β-unsaturated/α-hetero) is 1. The van der Waals surface area contributed by atoms with Gasteiger partial charge in [-0.25, -0.2) is 0 Å². The first-order valence-corrected chi connectivity index (χ1v) is 4.42. The second kappa shape index (κ2) is 4.52. The van der Waals surface area contributed by atoms with Gasteiger partial charge in [0.05, 0.1) is 0 Å². The van der Waals surface area contributed by atoms with Crippen molar-refractivity contribution in [3.8, 4) is 0 Å². The second-order valence-corrected chi connectivity index (χ2v) is 3.52. The molecule has 0 spiro atoms. The fraction of sp³-hybridized carbons (Fsp3) is 0.875. The molecule has 0 saturated carbocycles. The highest BCUT2D eigenvalue weighted by molar-refractivity contribution is 5.80. The number of hydrogen-bond donors (Lipinski definition) is 5. The molecule has 1 aliphatic heterocycles. The summed E-state index contributed by atoms with van der Waals surface area (Å²) < 4.78 is 4.63. The molecule has 0 aromatic rings. The molecule has 0 radical (unpaired) electrons. The van der Waals surface area contributed by atoms with Crippen LogP contribution in [0.15, 0.2) is 0 Å². The minimum atomic E-state index is -1.75. The molecule has 7 nitrogen and oxygen atoms in total. The Kier molecular flexibility index (Phi) is 3.77. The fourth-order valence-electron chi connectivity index (χ4n) is 1.38. The molecular weight excluding hydrogens is 208 g/mol. The molecular formula is C8H14O7. The zero-order valence-electron chi connectivity index (χ0n) is 8.02. The summed E-state index contributed by atoms with van der Waals surface area (Å²) in [5.41, 5.74) is 0. The summed E-state index contributed by atoms with van der Waals surface area (Å²) >= 11 is 0. The van der Waals surface area contributed by atoms with E-state index in [1.165, 1.54) is 0 Å². The maximum atomic E-state index is 10.8. The van der Waals surface area contributed by atoms with Gasteiger partial charge in [0.1, 0.15) is 30.5 Å². The molecule has 0 aromatic carbocycles. The van der Waals surface area contributed by atoms with Gasteiger partial charge in [-0.15, -0.1) is 0 Å². The van der Waals surface area contributed by atoms with Crippen LogP contribution in [-0.4, -0.2) is 68.1 Å². The number of rotatable bonds is 2. The van der Waals surface area contributed by atoms with Crippen LogP contribution in [0.3, 0.4) is 0 Å². The van der Waals surface area contributed by atoms with Gasteiger partial charge >= 0.3 is 0 Å². The molecule has 7 heteroatoms. The summed E-state index contributed by atoms with van der Waals surface area (Å²) in [6, 6.07) is 0. The topological polar surface area (TPSA) is 127 Å². The van der Waals surface area contributed by atoms with Crippen molar-refractivity contribution in [2.24, 2.45) is 0 Å². The van der Waals surface area contributed by atoms with E-state index in [9.17, 15) is 20.1 Å². The molecule has 1 saturated heterocycles. The van der Waals surface area contributed by atoms with Gasteiger partial charge in [0, 0.05) is 0 Å². The lowest BCUT2D eigenvalue weighted by atomic mass is 9.94. The molecule has 15 heavy (non-hydrogen) atoms. The molecule has 0 amide bonds. The Balaban J connectivity index is 2.78. The maximum Gasteiger partial charge on any atom is 0.184 e. The number of aliphatic hydroxyl groups is 5. The van der Waals surface area contributed by atoms with Crippen molar-refractivity contribution < 1.29 is 35.1 Å². The Morgan fingerprint density at radius 3 is 2.13 bits per heavy atom. The van der Waals surface area contributed by atoms with E-state index in [1.54, 1.807) is 0 Å². The van der Waals surface area contributed by atoms with Gasteiger partial charge in [-0.1, -0.05) is 0 Å². The van der Waals surface area contributed by atoms with Gasteiger partial charge in [-0.05, 0) is 6.92 Å². The first-order chi connectivity index (χ1) is 6.86. The maximum absolute atomic E-state index is 10.8. The van der Waals surface area contributed by atoms with E-state index in [0.29, 0.717) is 0 Å². The first kappa shape index (κ1) is 12.5. The van der Waals surface area contributed by atoms with E-state index in [1.807, 2.05) is 0 Å². The number of aliphatic hydroxyl groups excluding tert-OH is 5. The molecule has 1 aliphatic rings. The lowest BCUT2D eigenvalue weighted by Crippen LogP contribution is -2.61. The monoisotopic (exact) mass is 222 g/mol. The van der Waals surface area contributed by atoms with Gasteiger partial charge in [0.25, 0.3) is 0 Å². The highest BCUT2D eigenvalue weighted by Gasteiger charge is 2.46. The standard InChI is InChI=1S/C8H14O7/c1-2(9)3(10)7-5(12)4(11)6(13)8(14)15-7/h3-8,10-14H,1H3/t3?,4-,5-,6+,7+,8+/m0/s1. The van der Waals surface area contributed by atoms with Crippen LogP contribution in [0.2, 0.25) is 0 Å². The van der Waals surface area contributed by atoms with E-state index < -0.39 is 42.6 Å². The highest BCUT2D eigenvalue weighted by atomic mass is 16.6. The van der Waals surface area contributed by atoms with Crippen molar-refractivity contribution >= 4 is 5.78 Å². The largest absolute Gasteiger partial charge is 0.387 e. The first-order valence-electron chi connectivity index (χ1n) is 4.42. The molecule has 6 atom stereocenters. The van der Waals surface area contributed by atoms with Crippen molar-refractivity contribution in [1.82, 2.24) is 0 Å². The predicted molar refractivity (Wildman–Crippen MR) is 45.6 cm³/mol. The molecule has 1 unspecified atom stereocenters. The molecule has 1 heterocycles. The summed E-state index contributed by atoms with van der Waals surface area (Å²) in [7, 11) is 0. The van der Waals surface area contributed by atoms with E-state index in [-0.39, 0.29) is 0 Å². The highest BCUT2D eigenvalue weighted by Crippen LogP contribution is 2.22. The molecule has 0 aliphatic carbocycles. The Hall–Kier alpha value is -0.570. The van der Waals surface area contributed by atoms with Gasteiger partial charge in [-0.2, -0.15) is 0 Å². The Morgan fingerprint density at radius 1 is 1.13 bits per heavy atom. The minimum absolute atomic E-state index is 0.671. The zero-order valence-corrected chi connectivity index (χ0v) is 8.02. The quantitative estimate of drug-likeness (QED) is 0.332. The number of ether oxygens (including phenoxy) is 1. The number of hydrogen-bond acceptors (Lipinski definition) is 7. The van der Waals surface area contributed by atoms with Crippen LogP contribution in [0.4, 0.5) is 0 Å². The predicted octanol–water partition coefficient (Wildman–Crippen LogP) is -3.26. The minimum Gasteiger partial charge on any atom is -0.387 e. The number of ketones is 1. The van der Waals surface area contributed by atoms with Crippen LogP contribution < -0.4 is 0 Å². The van der Waals surface area contributed by atoms with Crippen molar-refractivity contribution in [1.29, 1.82) is 0 Å². The van der Waals surface area contributed by atoms with E-state index in [0.717, 1.165) is 6.92 Å². The normalized spacial score (nSPS) is 43.7. The number of carbonyl (C=O) groups excluding carboxylic acids is 1. The summed E-state index contributed by atoms with van der Waals surface area (Å²) in [4.78, 5) is 10.8. The molecule has 5 N–H and O–H groups in total. The van der Waals surface area contributed by atoms with Gasteiger partial charge in [-0.3, -0.25) is 4.79 Å². The van der Waals surface area contributed by atoms with E-state index >= 15 is 0 Å². The Bertz CT molecular complexity index is 243. The Labute approximate surface area is 85.5 Å². The second-order valence-electron chi connectivity index (χ2n) is 3.52. The third-order valence-corrected chi connectivity index (χ3v) is 2.35. The third kappa shape index (κ3) is 2.33. The zero-order chi connectivity index (χ0) is 11.7. The smallest absolute Gasteiger partial charge is 0.184 e. The summed E-state index contributed by atoms with van der Waals surface area (Å²) in [6.45, 7) is 1.07. The van der Waals surface area contributed by atoms with E-state index in [2.05, 4.69) is 4.74 Å². The summed E-state index contributed by atoms with van der Waals surface area (Å²) in [5, 5.41) is 46.2. The average Bonchev–Trinajstić information content (AvgIpc) is 2.19. The van der Waals surface area contributed by atoms with Gasteiger partial charge in [0.2, 0.25) is 0 Å². The van der Waals surface area contributed by atoms with Crippen LogP contribution in [0, 0.1) is 0 Å². The lowest BCUT2D eigenvalue weighted by Gasteiger charge is -2.39. The summed E-state index contributed by atoms with van der Waals surface area (Å²) in [6.07, 6.45) is -9.83. The van der Waals surface area contributed by atoms with Crippen LogP contribution in [0.5, 0.6) is 0 Å². The van der Waals surface area contributed by atoms with E-state index in [4.69, 9.17) is 10.2 Å². The summed E-state index contributed by atoms with van der Waals surface area (Å²) in [5.74, 6) is -0.671. The van der Waals surface area contributed by atoms with Crippen LogP contribution >= 0.6 is 0 Å². The lowest BCUT2D eigenvalue weighted by molar-refractivity contribution is -0.293. The average molecular weight is 222 g/mol. The van der Waals surface area contributed by atoms with Crippen molar-refractivity contribution in [3.05, 3.63) is 0 Å². The molecule has 0 aromatic heterocycles. The fourth-order valence-corrected chi connectivity index (χ4v) is 1.38. The molecule has 88 valence electrons. The molecule has 1 fully saturated rings.